The van der Waals surface area contributed by atoms with Gasteiger partial charge in [0.05, 0.1) is 16.1 Å². The van der Waals surface area contributed by atoms with Crippen LogP contribution in [-0.4, -0.2) is 28.4 Å². The molecule has 3 rings (SSSR count). The van der Waals surface area contributed by atoms with E-state index in [9.17, 15) is 19.7 Å². The Bertz CT molecular complexity index is 1120. The molecule has 1 heterocycles. The van der Waals surface area contributed by atoms with Crippen molar-refractivity contribution in [3.8, 4) is 0 Å². The third-order valence-electron chi connectivity index (χ3n) is 4.07. The predicted molar refractivity (Wildman–Crippen MR) is 108 cm³/mol. The SMILES string of the molecule is Cc1cccc([N+](=O)[O-])c1NC(=O)COC(=O)/C=C/c1ccc2ccccc2n1. The van der Waals surface area contributed by atoms with Gasteiger partial charge in [-0.05, 0) is 30.7 Å². The van der Waals surface area contributed by atoms with Crippen molar-refractivity contribution in [2.24, 2.45) is 0 Å². The van der Waals surface area contributed by atoms with Crippen molar-refractivity contribution >= 4 is 40.2 Å². The number of aryl methyl sites for hydroxylation is 1. The van der Waals surface area contributed by atoms with Gasteiger partial charge in [0.15, 0.2) is 6.61 Å². The molecule has 3 aromatic rings. The summed E-state index contributed by atoms with van der Waals surface area (Å²) in [5.41, 5.74) is 1.74. The molecule has 0 bridgehead atoms. The Balaban J connectivity index is 1.58. The van der Waals surface area contributed by atoms with E-state index < -0.39 is 23.4 Å². The zero-order valence-corrected chi connectivity index (χ0v) is 15.5. The zero-order chi connectivity index (χ0) is 20.8. The number of aromatic nitrogens is 1. The van der Waals surface area contributed by atoms with Crippen LogP contribution in [0.4, 0.5) is 11.4 Å². The summed E-state index contributed by atoms with van der Waals surface area (Å²) in [4.78, 5) is 38.8. The van der Waals surface area contributed by atoms with Crippen molar-refractivity contribution in [2.75, 3.05) is 11.9 Å². The summed E-state index contributed by atoms with van der Waals surface area (Å²) >= 11 is 0. The topological polar surface area (TPSA) is 111 Å². The third kappa shape index (κ3) is 5.01. The number of carbonyl (C=O) groups excluding carboxylic acids is 2. The molecule has 0 saturated heterocycles. The second kappa shape index (κ2) is 8.75. The van der Waals surface area contributed by atoms with Gasteiger partial charge in [0.2, 0.25) is 0 Å². The van der Waals surface area contributed by atoms with E-state index in [-0.39, 0.29) is 11.4 Å². The number of para-hydroxylation sites is 2. The number of esters is 1. The van der Waals surface area contributed by atoms with Gasteiger partial charge in [-0.25, -0.2) is 9.78 Å². The van der Waals surface area contributed by atoms with E-state index >= 15 is 0 Å². The standard InChI is InChI=1S/C21H17N3O5/c1-14-5-4-8-18(24(27)28)21(14)23-19(25)13-29-20(26)12-11-16-10-9-15-6-2-3-7-17(15)22-16/h2-12H,13H2,1H3,(H,23,25)/b12-11+. The molecule has 1 N–H and O–H groups in total. The van der Waals surface area contributed by atoms with Gasteiger partial charge in [0, 0.05) is 17.5 Å². The van der Waals surface area contributed by atoms with E-state index in [1.54, 1.807) is 19.1 Å². The number of fused-ring (bicyclic) bond motifs is 1. The summed E-state index contributed by atoms with van der Waals surface area (Å²) < 4.78 is 4.89. The fraction of sp³-hybridized carbons (Fsp3) is 0.0952. The molecule has 29 heavy (non-hydrogen) atoms. The van der Waals surface area contributed by atoms with Crippen molar-refractivity contribution < 1.29 is 19.2 Å². The van der Waals surface area contributed by atoms with E-state index in [2.05, 4.69) is 10.3 Å². The normalized spacial score (nSPS) is 10.8. The molecule has 8 heteroatoms. The summed E-state index contributed by atoms with van der Waals surface area (Å²) in [6.45, 7) is 1.06. The average Bonchev–Trinajstić information content (AvgIpc) is 2.71. The van der Waals surface area contributed by atoms with Gasteiger partial charge < -0.3 is 10.1 Å². The molecule has 0 fully saturated rings. The number of anilines is 1. The molecule has 0 unspecified atom stereocenters. The average molecular weight is 391 g/mol. The molecule has 0 aliphatic carbocycles. The number of hydrogen-bond donors (Lipinski definition) is 1. The number of nitrogens with zero attached hydrogens (tertiary/aromatic N) is 2. The second-order valence-corrected chi connectivity index (χ2v) is 6.14. The number of rotatable bonds is 6. The number of benzene rings is 2. The van der Waals surface area contributed by atoms with Crippen molar-refractivity contribution in [1.29, 1.82) is 0 Å². The molecule has 0 radical (unpaired) electrons. The molecule has 0 spiro atoms. The van der Waals surface area contributed by atoms with E-state index in [4.69, 9.17) is 4.74 Å². The van der Waals surface area contributed by atoms with E-state index in [1.165, 1.54) is 24.3 Å². The third-order valence-corrected chi connectivity index (χ3v) is 4.07. The first-order valence-corrected chi connectivity index (χ1v) is 8.68. The number of nitro benzene ring substituents is 1. The molecule has 1 aromatic heterocycles. The molecule has 146 valence electrons. The van der Waals surface area contributed by atoms with Crippen molar-refractivity contribution in [2.45, 2.75) is 6.92 Å². The highest BCUT2D eigenvalue weighted by atomic mass is 16.6. The van der Waals surface area contributed by atoms with E-state index in [1.807, 2.05) is 30.3 Å². The minimum absolute atomic E-state index is 0.0782. The van der Waals surface area contributed by atoms with Crippen LogP contribution in [0.3, 0.4) is 0 Å². The first kappa shape index (κ1) is 19.7. The number of amides is 1. The Morgan fingerprint density at radius 2 is 1.93 bits per heavy atom. The van der Waals surface area contributed by atoms with Gasteiger partial charge in [-0.2, -0.15) is 0 Å². The number of pyridine rings is 1. The number of carbonyl (C=O) groups is 2. The fourth-order valence-corrected chi connectivity index (χ4v) is 2.66. The lowest BCUT2D eigenvalue weighted by Crippen LogP contribution is -2.21. The zero-order valence-electron chi connectivity index (χ0n) is 15.5. The Hall–Kier alpha value is -4.07. The maximum atomic E-state index is 12.0. The molecule has 0 aliphatic rings. The minimum atomic E-state index is -0.727. The van der Waals surface area contributed by atoms with Crippen LogP contribution >= 0.6 is 0 Å². The Kier molecular flexibility index (Phi) is 5.94. The van der Waals surface area contributed by atoms with Crippen LogP contribution < -0.4 is 5.32 Å². The summed E-state index contributed by atoms with van der Waals surface area (Å²) in [7, 11) is 0. The van der Waals surface area contributed by atoms with Crippen LogP contribution in [0.2, 0.25) is 0 Å². The summed E-state index contributed by atoms with van der Waals surface area (Å²) in [5.74, 6) is -1.40. The van der Waals surface area contributed by atoms with Gasteiger partial charge in [-0.15, -0.1) is 0 Å². The first-order chi connectivity index (χ1) is 13.9. The molecular formula is C21H17N3O5. The summed E-state index contributed by atoms with van der Waals surface area (Å²) in [6, 6.07) is 15.7. The number of ether oxygens (including phenoxy) is 1. The molecular weight excluding hydrogens is 374 g/mol. The van der Waals surface area contributed by atoms with Crippen molar-refractivity contribution in [3.05, 3.63) is 82.0 Å². The number of nitro groups is 1. The quantitative estimate of drug-likeness (QED) is 0.297. The maximum Gasteiger partial charge on any atom is 0.331 e. The van der Waals surface area contributed by atoms with Gasteiger partial charge in [0.1, 0.15) is 5.69 Å². The molecule has 0 aliphatic heterocycles. The number of nitrogens with one attached hydrogen (secondary N) is 1. The molecule has 8 nitrogen and oxygen atoms in total. The van der Waals surface area contributed by atoms with Crippen LogP contribution in [-0.2, 0) is 14.3 Å². The first-order valence-electron chi connectivity index (χ1n) is 8.68. The smallest absolute Gasteiger partial charge is 0.331 e. The number of hydrogen-bond acceptors (Lipinski definition) is 6. The largest absolute Gasteiger partial charge is 0.452 e. The lowest BCUT2D eigenvalue weighted by atomic mass is 10.1. The fourth-order valence-electron chi connectivity index (χ4n) is 2.66. The summed E-state index contributed by atoms with van der Waals surface area (Å²) in [5, 5.41) is 14.5. The van der Waals surface area contributed by atoms with Gasteiger partial charge in [-0.1, -0.05) is 36.4 Å². The molecule has 2 aromatic carbocycles. The van der Waals surface area contributed by atoms with Crippen LogP contribution in [0.15, 0.2) is 60.7 Å². The van der Waals surface area contributed by atoms with Crippen LogP contribution in [0, 0.1) is 17.0 Å². The molecule has 0 atom stereocenters. The van der Waals surface area contributed by atoms with Gasteiger partial charge >= 0.3 is 5.97 Å². The maximum absolute atomic E-state index is 12.0. The van der Waals surface area contributed by atoms with Crippen LogP contribution in [0.25, 0.3) is 17.0 Å². The predicted octanol–water partition coefficient (Wildman–Crippen LogP) is 3.65. The Morgan fingerprint density at radius 3 is 2.72 bits per heavy atom. The van der Waals surface area contributed by atoms with Gasteiger partial charge in [0.25, 0.3) is 11.6 Å². The highest BCUT2D eigenvalue weighted by Gasteiger charge is 2.18. The Morgan fingerprint density at radius 1 is 1.14 bits per heavy atom. The van der Waals surface area contributed by atoms with E-state index in [0.29, 0.717) is 11.3 Å². The molecule has 0 saturated carbocycles. The molecule has 1 amide bonds. The van der Waals surface area contributed by atoms with Gasteiger partial charge in [-0.3, -0.25) is 14.9 Å². The van der Waals surface area contributed by atoms with Crippen molar-refractivity contribution in [3.63, 3.8) is 0 Å². The Labute approximate surface area is 166 Å². The lowest BCUT2D eigenvalue weighted by Gasteiger charge is -2.08. The monoisotopic (exact) mass is 391 g/mol. The highest BCUT2D eigenvalue weighted by molar-refractivity contribution is 5.97. The van der Waals surface area contributed by atoms with E-state index in [0.717, 1.165) is 10.9 Å². The minimum Gasteiger partial charge on any atom is -0.452 e. The van der Waals surface area contributed by atoms with Crippen LogP contribution in [0.1, 0.15) is 11.3 Å². The second-order valence-electron chi connectivity index (χ2n) is 6.14. The van der Waals surface area contributed by atoms with Crippen LogP contribution in [0.5, 0.6) is 0 Å². The summed E-state index contributed by atoms with van der Waals surface area (Å²) in [6.07, 6.45) is 2.65. The lowest BCUT2D eigenvalue weighted by molar-refractivity contribution is -0.384. The highest BCUT2D eigenvalue weighted by Crippen LogP contribution is 2.27. The van der Waals surface area contributed by atoms with Crippen molar-refractivity contribution in [1.82, 2.24) is 4.98 Å².